The smallest absolute Gasteiger partial charge is 0.273 e. The summed E-state index contributed by atoms with van der Waals surface area (Å²) in [6, 6.07) is 13.6. The van der Waals surface area contributed by atoms with Crippen LogP contribution in [0, 0.1) is 17.0 Å². The highest BCUT2D eigenvalue weighted by atomic mass is 16.6. The topological polar surface area (TPSA) is 72.7 Å². The number of carbonyl (C=O) groups excluding carboxylic acids is 1. The summed E-state index contributed by atoms with van der Waals surface area (Å²) in [7, 11) is 1.70. The van der Waals surface area contributed by atoms with E-state index in [1.165, 1.54) is 18.2 Å². The van der Waals surface area contributed by atoms with E-state index < -0.39 is 4.92 Å². The summed E-state index contributed by atoms with van der Waals surface area (Å²) in [4.78, 5) is 23.9. The van der Waals surface area contributed by atoms with Crippen molar-refractivity contribution in [3.63, 3.8) is 0 Å². The molecular formula is C17H18N2O4. The summed E-state index contributed by atoms with van der Waals surface area (Å²) in [5.74, 6) is 0.108. The number of non-ortho nitro benzene ring substituents is 1. The highest BCUT2D eigenvalue weighted by Crippen LogP contribution is 2.19. The molecule has 0 N–H and O–H groups in total. The summed E-state index contributed by atoms with van der Waals surface area (Å²) in [5.41, 5.74) is 2.12. The average molecular weight is 314 g/mol. The summed E-state index contributed by atoms with van der Waals surface area (Å²) < 4.78 is 5.35. The summed E-state index contributed by atoms with van der Waals surface area (Å²) in [5, 5.41) is 10.7. The maximum absolute atomic E-state index is 12.1. The number of benzene rings is 2. The minimum Gasteiger partial charge on any atom is -0.484 e. The largest absolute Gasteiger partial charge is 0.484 e. The molecule has 6 nitrogen and oxygen atoms in total. The number of nitro groups is 1. The predicted octanol–water partition coefficient (Wildman–Crippen LogP) is 2.94. The highest BCUT2D eigenvalue weighted by molar-refractivity contribution is 5.77. The lowest BCUT2D eigenvalue weighted by molar-refractivity contribution is -0.384. The number of rotatable bonds is 6. The first-order valence-corrected chi connectivity index (χ1v) is 7.13. The molecule has 23 heavy (non-hydrogen) atoms. The van der Waals surface area contributed by atoms with Crippen molar-refractivity contribution in [2.45, 2.75) is 13.5 Å². The standard InChI is InChI=1S/C17H18N2O4/c1-13-6-3-4-7-14(13)11-18(2)17(20)12-23-16-9-5-8-15(10-16)19(21)22/h3-10H,11-12H2,1-2H3. The van der Waals surface area contributed by atoms with Crippen molar-refractivity contribution < 1.29 is 14.5 Å². The van der Waals surface area contributed by atoms with E-state index in [0.717, 1.165) is 11.1 Å². The van der Waals surface area contributed by atoms with E-state index in [1.54, 1.807) is 18.0 Å². The molecule has 0 heterocycles. The van der Waals surface area contributed by atoms with Crippen LogP contribution in [0.4, 0.5) is 5.69 Å². The van der Waals surface area contributed by atoms with Gasteiger partial charge in [-0.1, -0.05) is 30.3 Å². The molecule has 2 rings (SSSR count). The first kappa shape index (κ1) is 16.5. The maximum Gasteiger partial charge on any atom is 0.273 e. The molecule has 0 atom stereocenters. The first-order valence-electron chi connectivity index (χ1n) is 7.13. The van der Waals surface area contributed by atoms with E-state index >= 15 is 0 Å². The van der Waals surface area contributed by atoms with Crippen LogP contribution in [0.15, 0.2) is 48.5 Å². The third-order valence-electron chi connectivity index (χ3n) is 3.49. The predicted molar refractivity (Wildman–Crippen MR) is 86.2 cm³/mol. The molecule has 0 fully saturated rings. The van der Waals surface area contributed by atoms with Gasteiger partial charge < -0.3 is 9.64 Å². The van der Waals surface area contributed by atoms with Crippen molar-refractivity contribution in [3.05, 3.63) is 69.8 Å². The van der Waals surface area contributed by atoms with E-state index in [0.29, 0.717) is 12.3 Å². The van der Waals surface area contributed by atoms with E-state index in [-0.39, 0.29) is 18.2 Å². The summed E-state index contributed by atoms with van der Waals surface area (Å²) in [6.07, 6.45) is 0. The van der Waals surface area contributed by atoms with Crippen molar-refractivity contribution in [2.24, 2.45) is 0 Å². The number of nitro benzene ring substituents is 1. The van der Waals surface area contributed by atoms with E-state index in [1.807, 2.05) is 31.2 Å². The Morgan fingerprint density at radius 3 is 2.65 bits per heavy atom. The molecule has 6 heteroatoms. The molecule has 2 aromatic rings. The van der Waals surface area contributed by atoms with Crippen LogP contribution in [0.2, 0.25) is 0 Å². The van der Waals surface area contributed by atoms with Crippen molar-refractivity contribution in [3.8, 4) is 5.75 Å². The van der Waals surface area contributed by atoms with Crippen molar-refractivity contribution in [2.75, 3.05) is 13.7 Å². The fourth-order valence-corrected chi connectivity index (χ4v) is 2.07. The number of likely N-dealkylation sites (N-methyl/N-ethyl adjacent to an activating group) is 1. The average Bonchev–Trinajstić information content (AvgIpc) is 2.55. The van der Waals surface area contributed by atoms with Gasteiger partial charge in [0, 0.05) is 19.7 Å². The monoisotopic (exact) mass is 314 g/mol. The zero-order chi connectivity index (χ0) is 16.8. The van der Waals surface area contributed by atoms with E-state index in [2.05, 4.69) is 0 Å². The van der Waals surface area contributed by atoms with Gasteiger partial charge in [0.25, 0.3) is 11.6 Å². The molecule has 0 aliphatic heterocycles. The van der Waals surface area contributed by atoms with Gasteiger partial charge in [0.05, 0.1) is 11.0 Å². The fourth-order valence-electron chi connectivity index (χ4n) is 2.07. The lowest BCUT2D eigenvalue weighted by Crippen LogP contribution is -2.31. The van der Waals surface area contributed by atoms with E-state index in [4.69, 9.17) is 4.74 Å². The van der Waals surface area contributed by atoms with Crippen molar-refractivity contribution >= 4 is 11.6 Å². The van der Waals surface area contributed by atoms with Crippen LogP contribution in [0.25, 0.3) is 0 Å². The molecule has 0 unspecified atom stereocenters. The van der Waals surface area contributed by atoms with Crippen LogP contribution in [0.5, 0.6) is 5.75 Å². The summed E-state index contributed by atoms with van der Waals surface area (Å²) >= 11 is 0. The normalized spacial score (nSPS) is 10.2. The van der Waals surface area contributed by atoms with Gasteiger partial charge in [-0.15, -0.1) is 0 Å². The molecule has 0 aromatic heterocycles. The third-order valence-corrected chi connectivity index (χ3v) is 3.49. The van der Waals surface area contributed by atoms with Crippen LogP contribution < -0.4 is 4.74 Å². The van der Waals surface area contributed by atoms with Gasteiger partial charge in [-0.05, 0) is 24.1 Å². The quantitative estimate of drug-likeness (QED) is 0.607. The molecule has 0 saturated carbocycles. The third kappa shape index (κ3) is 4.54. The molecule has 2 aromatic carbocycles. The Balaban J connectivity index is 1.93. The first-order chi connectivity index (χ1) is 11.0. The number of hydrogen-bond donors (Lipinski definition) is 0. The molecule has 0 aliphatic rings. The van der Waals surface area contributed by atoms with Gasteiger partial charge in [-0.25, -0.2) is 0 Å². The number of amides is 1. The second-order valence-electron chi connectivity index (χ2n) is 5.22. The Kier molecular flexibility index (Phi) is 5.30. The van der Waals surface area contributed by atoms with Gasteiger partial charge >= 0.3 is 0 Å². The second kappa shape index (κ2) is 7.40. The number of aryl methyl sites for hydroxylation is 1. The van der Waals surface area contributed by atoms with Gasteiger partial charge in [-0.2, -0.15) is 0 Å². The number of ether oxygens (including phenoxy) is 1. The van der Waals surface area contributed by atoms with Crippen LogP contribution in [0.1, 0.15) is 11.1 Å². The number of nitrogens with zero attached hydrogens (tertiary/aromatic N) is 2. The number of hydrogen-bond acceptors (Lipinski definition) is 4. The van der Waals surface area contributed by atoms with E-state index in [9.17, 15) is 14.9 Å². The molecule has 0 aliphatic carbocycles. The minimum atomic E-state index is -0.501. The lowest BCUT2D eigenvalue weighted by atomic mass is 10.1. The number of carbonyl (C=O) groups is 1. The Morgan fingerprint density at radius 1 is 1.22 bits per heavy atom. The Morgan fingerprint density at radius 2 is 1.96 bits per heavy atom. The molecular weight excluding hydrogens is 296 g/mol. The van der Waals surface area contributed by atoms with Crippen LogP contribution in [0.3, 0.4) is 0 Å². The summed E-state index contributed by atoms with van der Waals surface area (Å²) in [6.45, 7) is 2.32. The Hall–Kier alpha value is -2.89. The van der Waals surface area contributed by atoms with Crippen molar-refractivity contribution in [1.29, 1.82) is 0 Å². The highest BCUT2D eigenvalue weighted by Gasteiger charge is 2.12. The molecule has 120 valence electrons. The van der Waals surface area contributed by atoms with Gasteiger partial charge in [-0.3, -0.25) is 14.9 Å². The van der Waals surface area contributed by atoms with Crippen LogP contribution in [-0.4, -0.2) is 29.4 Å². The Bertz CT molecular complexity index is 715. The van der Waals surface area contributed by atoms with Gasteiger partial charge in [0.15, 0.2) is 6.61 Å². The molecule has 0 spiro atoms. The van der Waals surface area contributed by atoms with Gasteiger partial charge in [0.1, 0.15) is 5.75 Å². The minimum absolute atomic E-state index is 0.0665. The van der Waals surface area contributed by atoms with Gasteiger partial charge in [0.2, 0.25) is 0 Å². The van der Waals surface area contributed by atoms with Crippen molar-refractivity contribution in [1.82, 2.24) is 4.90 Å². The molecule has 0 bridgehead atoms. The molecule has 0 saturated heterocycles. The SMILES string of the molecule is Cc1ccccc1CN(C)C(=O)COc1cccc([N+](=O)[O-])c1. The zero-order valence-electron chi connectivity index (χ0n) is 13.1. The maximum atomic E-state index is 12.1. The van der Waals surface area contributed by atoms with Crippen LogP contribution in [-0.2, 0) is 11.3 Å². The Labute approximate surface area is 134 Å². The zero-order valence-corrected chi connectivity index (χ0v) is 13.1. The molecule has 1 amide bonds. The fraction of sp³-hybridized carbons (Fsp3) is 0.235. The lowest BCUT2D eigenvalue weighted by Gasteiger charge is -2.18. The van der Waals surface area contributed by atoms with Crippen LogP contribution >= 0.6 is 0 Å². The second-order valence-corrected chi connectivity index (χ2v) is 5.22. The molecule has 0 radical (unpaired) electrons.